The normalized spacial score (nSPS) is 10.9. The number of fused-ring (bicyclic) bond motifs is 1. The molecule has 1 heterocycles. The van der Waals surface area contributed by atoms with Crippen molar-refractivity contribution < 1.29 is 4.39 Å². The molecule has 0 radical (unpaired) electrons. The maximum Gasteiger partial charge on any atom is 0.132 e. The van der Waals surface area contributed by atoms with Crippen LogP contribution in [0, 0.1) is 12.7 Å². The van der Waals surface area contributed by atoms with Gasteiger partial charge in [-0.2, -0.15) is 0 Å². The first-order chi connectivity index (χ1) is 9.74. The molecule has 20 heavy (non-hydrogen) atoms. The molecule has 3 heteroatoms. The van der Waals surface area contributed by atoms with Crippen LogP contribution >= 0.6 is 0 Å². The minimum atomic E-state index is -0.159. The third kappa shape index (κ3) is 2.52. The Kier molecular flexibility index (Phi) is 3.42. The number of halogens is 1. The van der Waals surface area contributed by atoms with E-state index in [4.69, 9.17) is 0 Å². The molecule has 0 amide bonds. The molecule has 1 N–H and O–H groups in total. The van der Waals surface area contributed by atoms with Crippen molar-refractivity contribution in [2.24, 2.45) is 0 Å². The Balaban J connectivity index is 1.70. The van der Waals surface area contributed by atoms with E-state index in [9.17, 15) is 4.39 Å². The van der Waals surface area contributed by atoms with E-state index in [0.29, 0.717) is 5.39 Å². The molecule has 0 saturated carbocycles. The number of nitrogens with one attached hydrogen (secondary N) is 1. The number of anilines is 1. The van der Waals surface area contributed by atoms with Crippen molar-refractivity contribution >= 4 is 16.6 Å². The van der Waals surface area contributed by atoms with E-state index >= 15 is 0 Å². The van der Waals surface area contributed by atoms with Crippen molar-refractivity contribution in [2.45, 2.75) is 13.5 Å². The zero-order chi connectivity index (χ0) is 13.9. The summed E-state index contributed by atoms with van der Waals surface area (Å²) in [6.07, 6.45) is 1.94. The minimum absolute atomic E-state index is 0.159. The zero-order valence-electron chi connectivity index (χ0n) is 11.4. The van der Waals surface area contributed by atoms with E-state index in [2.05, 4.69) is 35.0 Å². The number of aromatic nitrogens is 1. The lowest BCUT2D eigenvalue weighted by Crippen LogP contribution is -2.09. The van der Waals surface area contributed by atoms with Gasteiger partial charge in [-0.3, -0.25) is 0 Å². The first-order valence-corrected chi connectivity index (χ1v) is 6.78. The van der Waals surface area contributed by atoms with Gasteiger partial charge in [0.2, 0.25) is 0 Å². The van der Waals surface area contributed by atoms with Gasteiger partial charge in [0.15, 0.2) is 0 Å². The fourth-order valence-corrected chi connectivity index (χ4v) is 2.46. The highest BCUT2D eigenvalue weighted by atomic mass is 19.1. The van der Waals surface area contributed by atoms with Crippen LogP contribution in [0.25, 0.3) is 10.9 Å². The van der Waals surface area contributed by atoms with Gasteiger partial charge >= 0.3 is 0 Å². The summed E-state index contributed by atoms with van der Waals surface area (Å²) < 4.78 is 15.7. The Morgan fingerprint density at radius 2 is 1.95 bits per heavy atom. The Morgan fingerprint density at radius 3 is 2.80 bits per heavy atom. The predicted octanol–water partition coefficient (Wildman–Crippen LogP) is 4.20. The van der Waals surface area contributed by atoms with E-state index in [1.54, 1.807) is 6.07 Å². The number of aryl methyl sites for hydroxylation is 1. The van der Waals surface area contributed by atoms with E-state index in [-0.39, 0.29) is 5.82 Å². The molecule has 2 aromatic carbocycles. The number of hydrogen-bond acceptors (Lipinski definition) is 1. The summed E-state index contributed by atoms with van der Waals surface area (Å²) in [5.41, 5.74) is 3.30. The quantitative estimate of drug-likeness (QED) is 0.750. The second kappa shape index (κ2) is 5.37. The fraction of sp³-hybridized carbons (Fsp3) is 0.176. The smallest absolute Gasteiger partial charge is 0.132 e. The summed E-state index contributed by atoms with van der Waals surface area (Å²) in [5.74, 6) is -0.159. The summed E-state index contributed by atoms with van der Waals surface area (Å²) in [6, 6.07) is 15.3. The van der Waals surface area contributed by atoms with Gasteiger partial charge in [-0.05, 0) is 42.8 Å². The van der Waals surface area contributed by atoms with E-state index in [1.807, 2.05) is 24.4 Å². The average Bonchev–Trinajstić information content (AvgIpc) is 2.84. The Morgan fingerprint density at radius 1 is 1.10 bits per heavy atom. The molecule has 0 aliphatic rings. The van der Waals surface area contributed by atoms with Crippen molar-refractivity contribution in [3.63, 3.8) is 0 Å². The molecule has 102 valence electrons. The van der Waals surface area contributed by atoms with Crippen LogP contribution in [0.15, 0.2) is 54.7 Å². The molecule has 3 rings (SSSR count). The fourth-order valence-electron chi connectivity index (χ4n) is 2.46. The molecular weight excluding hydrogens is 251 g/mol. The minimum Gasteiger partial charge on any atom is -0.383 e. The molecule has 1 aromatic heterocycles. The van der Waals surface area contributed by atoms with E-state index in [1.165, 1.54) is 11.6 Å². The van der Waals surface area contributed by atoms with E-state index in [0.717, 1.165) is 24.3 Å². The zero-order valence-corrected chi connectivity index (χ0v) is 11.4. The van der Waals surface area contributed by atoms with Gasteiger partial charge in [-0.1, -0.05) is 18.2 Å². The molecular formula is C17H17FN2. The van der Waals surface area contributed by atoms with Gasteiger partial charge in [0.25, 0.3) is 0 Å². The lowest BCUT2D eigenvalue weighted by atomic mass is 10.2. The second-order valence-electron chi connectivity index (χ2n) is 4.98. The van der Waals surface area contributed by atoms with Gasteiger partial charge in [0.05, 0.1) is 5.52 Å². The monoisotopic (exact) mass is 268 g/mol. The van der Waals surface area contributed by atoms with Crippen LogP contribution in [0.3, 0.4) is 0 Å². The summed E-state index contributed by atoms with van der Waals surface area (Å²) >= 11 is 0. The molecule has 0 atom stereocenters. The maximum atomic E-state index is 13.6. The van der Waals surface area contributed by atoms with Crippen molar-refractivity contribution in [3.05, 3.63) is 66.1 Å². The average molecular weight is 268 g/mol. The second-order valence-corrected chi connectivity index (χ2v) is 4.98. The number of hydrogen-bond donors (Lipinski definition) is 1. The molecule has 0 aliphatic heterocycles. The molecule has 3 aromatic rings. The highest BCUT2D eigenvalue weighted by molar-refractivity contribution is 5.80. The van der Waals surface area contributed by atoms with Crippen molar-refractivity contribution in [1.29, 1.82) is 0 Å². The third-order valence-corrected chi connectivity index (χ3v) is 3.46. The first-order valence-electron chi connectivity index (χ1n) is 6.78. The van der Waals surface area contributed by atoms with Gasteiger partial charge in [0.1, 0.15) is 5.82 Å². The lowest BCUT2D eigenvalue weighted by molar-refractivity contribution is 0.639. The van der Waals surface area contributed by atoms with Gasteiger partial charge in [0, 0.05) is 30.4 Å². The molecule has 2 nitrogen and oxygen atoms in total. The van der Waals surface area contributed by atoms with Crippen LogP contribution in [-0.2, 0) is 6.54 Å². The van der Waals surface area contributed by atoms with Crippen LogP contribution in [-0.4, -0.2) is 11.1 Å². The summed E-state index contributed by atoms with van der Waals surface area (Å²) in [6.45, 7) is 3.69. The standard InChI is InChI=1S/C17H17FN2/c1-13-4-2-5-14(12-13)19-9-11-20-10-8-15-16(18)6-3-7-17(15)20/h2-8,10,12,19H,9,11H2,1H3. The summed E-state index contributed by atoms with van der Waals surface area (Å²) in [4.78, 5) is 0. The maximum absolute atomic E-state index is 13.6. The lowest BCUT2D eigenvalue weighted by Gasteiger charge is -2.09. The molecule has 0 aliphatic carbocycles. The number of nitrogens with zero attached hydrogens (tertiary/aromatic N) is 1. The first kappa shape index (κ1) is 12.7. The molecule has 0 saturated heterocycles. The van der Waals surface area contributed by atoms with E-state index < -0.39 is 0 Å². The van der Waals surface area contributed by atoms with Gasteiger partial charge < -0.3 is 9.88 Å². The van der Waals surface area contributed by atoms with Crippen molar-refractivity contribution in [2.75, 3.05) is 11.9 Å². The Bertz CT molecular complexity index is 731. The molecule has 0 bridgehead atoms. The van der Waals surface area contributed by atoms with Crippen molar-refractivity contribution in [1.82, 2.24) is 4.57 Å². The van der Waals surface area contributed by atoms with Crippen LogP contribution in [0.4, 0.5) is 10.1 Å². The summed E-state index contributed by atoms with van der Waals surface area (Å²) in [5, 5.41) is 4.07. The van der Waals surface area contributed by atoms with Crippen LogP contribution in [0.5, 0.6) is 0 Å². The highest BCUT2D eigenvalue weighted by Crippen LogP contribution is 2.19. The molecule has 0 fully saturated rings. The Hall–Kier alpha value is -2.29. The Labute approximate surface area is 117 Å². The SMILES string of the molecule is Cc1cccc(NCCn2ccc3c(F)cccc32)c1. The van der Waals surface area contributed by atoms with Gasteiger partial charge in [-0.15, -0.1) is 0 Å². The van der Waals surface area contributed by atoms with Crippen LogP contribution < -0.4 is 5.32 Å². The molecule has 0 unspecified atom stereocenters. The third-order valence-electron chi connectivity index (χ3n) is 3.46. The largest absolute Gasteiger partial charge is 0.383 e. The summed E-state index contributed by atoms with van der Waals surface area (Å²) in [7, 11) is 0. The van der Waals surface area contributed by atoms with Crippen LogP contribution in [0.2, 0.25) is 0 Å². The predicted molar refractivity (Wildman–Crippen MR) is 81.6 cm³/mol. The van der Waals surface area contributed by atoms with Gasteiger partial charge in [-0.25, -0.2) is 4.39 Å². The topological polar surface area (TPSA) is 17.0 Å². The van der Waals surface area contributed by atoms with Crippen molar-refractivity contribution in [3.8, 4) is 0 Å². The number of rotatable bonds is 4. The van der Waals surface area contributed by atoms with Crippen LogP contribution in [0.1, 0.15) is 5.56 Å². The molecule has 0 spiro atoms. The number of benzene rings is 2. The highest BCUT2D eigenvalue weighted by Gasteiger charge is 2.04.